The second-order valence-electron chi connectivity index (χ2n) is 21.8. The first kappa shape index (κ1) is 56.5. The zero-order chi connectivity index (χ0) is 50.3. The molecule has 0 aromatic rings. The van der Waals surface area contributed by atoms with Gasteiger partial charge in [-0.2, -0.15) is 0 Å². The summed E-state index contributed by atoms with van der Waals surface area (Å²) in [6.45, 7) is 25.2. The normalized spacial score (nSPS) is 39.4. The molecule has 2 N–H and O–H groups in total. The van der Waals surface area contributed by atoms with Gasteiger partial charge in [-0.3, -0.25) is 24.1 Å². The van der Waals surface area contributed by atoms with Crippen LogP contribution in [-0.4, -0.2) is 125 Å². The lowest BCUT2D eigenvalue weighted by Crippen LogP contribution is -2.69. The maximum Gasteiger partial charge on any atom is 0.329 e. The van der Waals surface area contributed by atoms with Crippen molar-refractivity contribution < 1.29 is 57.2 Å². The summed E-state index contributed by atoms with van der Waals surface area (Å²) < 4.78 is 37.2. The number of piperidine rings is 1. The van der Waals surface area contributed by atoms with Crippen molar-refractivity contribution in [3.05, 3.63) is 36.0 Å². The van der Waals surface area contributed by atoms with E-state index in [4.69, 9.17) is 28.1 Å². The Bertz CT molecular complexity index is 1830. The monoisotopic (exact) mass is 959 g/mol. The molecule has 3 aliphatic heterocycles. The number of fused-ring (bicyclic) bond motifs is 3. The molecule has 4 rings (SSSR count). The first-order chi connectivity index (χ1) is 31.3. The van der Waals surface area contributed by atoms with Crippen LogP contribution in [0.15, 0.2) is 36.0 Å². The fourth-order valence-electron chi connectivity index (χ4n) is 11.8. The highest BCUT2D eigenvalue weighted by Gasteiger charge is 2.60. The Hall–Kier alpha value is -3.05. The van der Waals surface area contributed by atoms with Gasteiger partial charge in [-0.05, 0) is 107 Å². The third-order valence-electron chi connectivity index (χ3n) is 15.9. The van der Waals surface area contributed by atoms with E-state index in [9.17, 15) is 19.5 Å². The molecule has 0 aromatic heterocycles. The first-order valence-electron chi connectivity index (χ1n) is 24.7. The highest BCUT2D eigenvalue weighted by molar-refractivity contribution is 6.39. The Morgan fingerprint density at radius 1 is 0.940 bits per heavy atom. The van der Waals surface area contributed by atoms with Gasteiger partial charge < -0.3 is 38.5 Å². The molecule has 380 valence electrons. The lowest BCUT2D eigenvalue weighted by atomic mass is 9.67. The van der Waals surface area contributed by atoms with E-state index in [1.807, 2.05) is 27.7 Å². The number of hydrogen-bond acceptors (Lipinski definition) is 12. The highest BCUT2D eigenvalue weighted by atomic mass is 28.2. The van der Waals surface area contributed by atoms with Crippen LogP contribution < -0.4 is 5.32 Å². The van der Waals surface area contributed by atoms with Crippen molar-refractivity contribution in [3.63, 3.8) is 0 Å². The number of ether oxygens (including phenoxy) is 5. The van der Waals surface area contributed by atoms with Gasteiger partial charge in [-0.25, -0.2) is 4.79 Å². The largest absolute Gasteiger partial charge is 0.456 e. The average molecular weight is 959 g/mol. The lowest BCUT2D eigenvalue weighted by Gasteiger charge is -2.52. The van der Waals surface area contributed by atoms with Crippen LogP contribution in [0.1, 0.15) is 140 Å². The predicted octanol–water partition coefficient (Wildman–Crippen LogP) is 6.34. The third kappa shape index (κ3) is 13.0. The van der Waals surface area contributed by atoms with Crippen molar-refractivity contribution in [2.75, 3.05) is 21.3 Å². The average Bonchev–Trinajstić information content (AvgIpc) is 3.26. The molecule has 3 heterocycles. The number of aliphatic hydroxyl groups is 1. The molecule has 67 heavy (non-hydrogen) atoms. The summed E-state index contributed by atoms with van der Waals surface area (Å²) in [6, 6.07) is -1.39. The molecule has 2 saturated heterocycles. The van der Waals surface area contributed by atoms with Crippen molar-refractivity contribution in [3.8, 4) is 0 Å². The molecule has 15 heteroatoms. The summed E-state index contributed by atoms with van der Waals surface area (Å²) in [5, 5.41) is 15.5. The van der Waals surface area contributed by atoms with Crippen LogP contribution in [0.4, 0.5) is 0 Å². The van der Waals surface area contributed by atoms with Crippen LogP contribution >= 0.6 is 0 Å². The van der Waals surface area contributed by atoms with Gasteiger partial charge in [0.25, 0.3) is 11.7 Å². The molecule has 0 radical (unpaired) electrons. The summed E-state index contributed by atoms with van der Waals surface area (Å²) >= 11 is 0. The van der Waals surface area contributed by atoms with E-state index < -0.39 is 82.8 Å². The molecule has 3 fully saturated rings. The van der Waals surface area contributed by atoms with E-state index in [0.717, 1.165) is 17.6 Å². The summed E-state index contributed by atoms with van der Waals surface area (Å²) in [5.41, 5.74) is -0.0127. The molecule has 2 amide bonds. The maximum atomic E-state index is 15.2. The van der Waals surface area contributed by atoms with Crippen molar-refractivity contribution >= 4 is 39.8 Å². The number of amides is 2. The van der Waals surface area contributed by atoms with Crippen molar-refractivity contribution in [1.82, 2.24) is 10.2 Å². The van der Waals surface area contributed by atoms with E-state index in [0.29, 0.717) is 38.5 Å². The van der Waals surface area contributed by atoms with Gasteiger partial charge in [-0.15, -0.1) is 6.58 Å². The molecule has 1 saturated carbocycles. The fourth-order valence-corrected chi connectivity index (χ4v) is 12.4. The van der Waals surface area contributed by atoms with E-state index in [-0.39, 0.29) is 77.3 Å². The van der Waals surface area contributed by atoms with Gasteiger partial charge in [0.2, 0.25) is 11.7 Å². The zero-order valence-electron chi connectivity index (χ0n) is 43.5. The maximum absolute atomic E-state index is 15.2. The lowest BCUT2D eigenvalue weighted by molar-refractivity contribution is -0.303. The van der Waals surface area contributed by atoms with Crippen LogP contribution in [0.5, 0.6) is 0 Å². The molecule has 14 nitrogen and oxygen atoms in total. The Labute approximate surface area is 404 Å². The standard InChI is InChI=1S/C52H86N2O12Si/c1-16-17-37-23-29(2)22-30(3)24-43(62-14)46-44(63-15)26-33(6)52(60,65-46)47(57)48(58)54-40(21-18-32(5)51(54,12)66-67)49(59)64-45(34(7)38(28-41(37)56)50(9,10)11)31(4)25-36-19-20-39(53-35(8)55)42(27-36)61-13/h16,23,25,30,32-34,36-40,42-46,60H,1,17-22,24,26-28H2,2-15,67H3,(H,53,55). The molecule has 16 atom stereocenters. The molecule has 0 spiro atoms. The molecule has 2 bridgehead atoms. The van der Waals surface area contributed by atoms with E-state index in [1.165, 1.54) is 11.8 Å². The number of allylic oxidation sites excluding steroid dienone is 4. The SMILES string of the molecule is C=CCC1C=C(C)CC(C)CC(OC)C2OC(O)(C(=O)C(=O)N3C(CCC(C)C3(C)O[SiH3])C(=O)OC(C(C)=CC3CCC(NC(C)=O)C(OC)C3)C(C)C(C(C)(C)C)CC1=O)C(C)CC2OC. The molecule has 16 unspecified atom stereocenters. The number of rotatable bonds is 9. The fraction of sp³-hybridized carbons (Fsp3) is 0.788. The van der Waals surface area contributed by atoms with E-state index >= 15 is 9.59 Å². The van der Waals surface area contributed by atoms with Crippen LogP contribution in [0.3, 0.4) is 0 Å². The summed E-state index contributed by atoms with van der Waals surface area (Å²) in [4.78, 5) is 73.1. The molecule has 1 aliphatic carbocycles. The summed E-state index contributed by atoms with van der Waals surface area (Å²) in [5.74, 6) is -7.89. The van der Waals surface area contributed by atoms with Gasteiger partial charge in [-0.1, -0.05) is 72.3 Å². The number of carbonyl (C=O) groups is 5. The van der Waals surface area contributed by atoms with Gasteiger partial charge in [0.1, 0.15) is 40.2 Å². The van der Waals surface area contributed by atoms with Crippen LogP contribution in [0, 0.1) is 46.8 Å². The number of esters is 1. The molecular formula is C52H86N2O12Si. The quantitative estimate of drug-likeness (QED) is 0.114. The Morgan fingerprint density at radius 2 is 1.57 bits per heavy atom. The number of nitrogens with one attached hydrogen (secondary N) is 1. The topological polar surface area (TPSA) is 176 Å². The van der Waals surface area contributed by atoms with Crippen molar-refractivity contribution in [2.24, 2.45) is 46.8 Å². The van der Waals surface area contributed by atoms with Crippen LogP contribution in [0.2, 0.25) is 0 Å². The third-order valence-corrected chi connectivity index (χ3v) is 16.7. The minimum Gasteiger partial charge on any atom is -0.456 e. The Kier molecular flexibility index (Phi) is 20.0. The number of methoxy groups -OCH3 is 3. The zero-order valence-corrected chi connectivity index (χ0v) is 45.5. The number of nitrogens with zero attached hydrogens (tertiary/aromatic N) is 1. The number of cyclic esters (lactones) is 1. The predicted molar refractivity (Wildman–Crippen MR) is 260 cm³/mol. The minimum atomic E-state index is -2.58. The van der Waals surface area contributed by atoms with Crippen molar-refractivity contribution in [2.45, 2.75) is 194 Å². The smallest absolute Gasteiger partial charge is 0.329 e. The van der Waals surface area contributed by atoms with Crippen LogP contribution in [0.25, 0.3) is 0 Å². The minimum absolute atomic E-state index is 0.0171. The van der Waals surface area contributed by atoms with Gasteiger partial charge in [0, 0.05) is 58.3 Å². The first-order valence-corrected chi connectivity index (χ1v) is 25.5. The van der Waals surface area contributed by atoms with Crippen LogP contribution in [-0.2, 0) is 52.1 Å². The number of hydrogen-bond donors (Lipinski definition) is 2. The molecule has 4 aliphatic rings. The van der Waals surface area contributed by atoms with E-state index in [2.05, 4.69) is 51.7 Å². The number of ketones is 2. The second kappa shape index (κ2) is 23.7. The summed E-state index contributed by atoms with van der Waals surface area (Å²) in [6.07, 6.45) is 7.44. The van der Waals surface area contributed by atoms with Gasteiger partial charge >= 0.3 is 5.97 Å². The number of carbonyl (C=O) groups excluding carboxylic acids is 5. The van der Waals surface area contributed by atoms with Gasteiger partial charge in [0.15, 0.2) is 0 Å². The Balaban J connectivity index is 1.93. The Morgan fingerprint density at radius 3 is 2.13 bits per heavy atom. The van der Waals surface area contributed by atoms with Gasteiger partial charge in [0.05, 0.1) is 24.4 Å². The van der Waals surface area contributed by atoms with E-state index in [1.54, 1.807) is 41.3 Å². The molecular weight excluding hydrogens is 873 g/mol. The summed E-state index contributed by atoms with van der Waals surface area (Å²) in [7, 11) is 4.90. The molecule has 0 aromatic carbocycles. The highest BCUT2D eigenvalue weighted by Crippen LogP contribution is 2.45. The number of Topliss-reactive ketones (excluding diaryl/α,β-unsaturated/α-hetero) is 2. The second-order valence-corrected chi connectivity index (χ2v) is 22.2. The van der Waals surface area contributed by atoms with Crippen molar-refractivity contribution in [1.29, 1.82) is 0 Å².